The first-order chi connectivity index (χ1) is 11.8. The third-order valence-corrected chi connectivity index (χ3v) is 4.48. The van der Waals surface area contributed by atoms with Gasteiger partial charge in [-0.1, -0.05) is 42.5 Å². The number of guanidine groups is 1. The highest BCUT2D eigenvalue weighted by Gasteiger charge is 2.21. The molecular weight excluding hydrogens is 298 g/mol. The summed E-state index contributed by atoms with van der Waals surface area (Å²) in [6.07, 6.45) is 0.996. The zero-order valence-corrected chi connectivity index (χ0v) is 13.6. The highest BCUT2D eigenvalue weighted by atomic mass is 16.5. The summed E-state index contributed by atoms with van der Waals surface area (Å²) in [6, 6.07) is 20.3. The van der Waals surface area contributed by atoms with Gasteiger partial charge in [0.15, 0.2) is 0 Å². The molecule has 0 aromatic heterocycles. The molecule has 4 heteroatoms. The Morgan fingerprint density at radius 1 is 1.00 bits per heavy atom. The average Bonchev–Trinajstić information content (AvgIpc) is 3.05. The Balaban J connectivity index is 1.78. The summed E-state index contributed by atoms with van der Waals surface area (Å²) in [5, 5.41) is 2.07. The zero-order chi connectivity index (χ0) is 16.5. The first-order valence-electron chi connectivity index (χ1n) is 8.03. The molecule has 0 atom stereocenters. The second kappa shape index (κ2) is 5.89. The van der Waals surface area contributed by atoms with Crippen molar-refractivity contribution in [1.29, 1.82) is 0 Å². The predicted octanol–water partition coefficient (Wildman–Crippen LogP) is 3.86. The van der Waals surface area contributed by atoms with E-state index in [4.69, 9.17) is 15.5 Å². The first kappa shape index (κ1) is 14.6. The number of hydrogen-bond acceptors (Lipinski definition) is 2. The molecule has 1 aliphatic rings. The molecule has 0 saturated carbocycles. The molecular formula is C20H19N3O. The molecule has 24 heavy (non-hydrogen) atoms. The van der Waals surface area contributed by atoms with Gasteiger partial charge in [-0.2, -0.15) is 0 Å². The van der Waals surface area contributed by atoms with Gasteiger partial charge in [0.25, 0.3) is 0 Å². The molecule has 4 rings (SSSR count). The molecule has 3 aromatic carbocycles. The van der Waals surface area contributed by atoms with Crippen molar-refractivity contribution in [1.82, 2.24) is 0 Å². The fraction of sp³-hybridized carbons (Fsp3) is 0.150. The quantitative estimate of drug-likeness (QED) is 0.577. The topological polar surface area (TPSA) is 50.9 Å². The minimum Gasteiger partial charge on any atom is -0.496 e. The minimum absolute atomic E-state index is 0.523. The lowest BCUT2D eigenvalue weighted by molar-refractivity contribution is 0.420. The molecule has 3 aromatic rings. The molecule has 0 aliphatic carbocycles. The number of aliphatic imine (C=N–C) groups is 1. The third kappa shape index (κ3) is 2.36. The smallest absolute Gasteiger partial charge is 0.201 e. The van der Waals surface area contributed by atoms with E-state index in [1.807, 2.05) is 42.5 Å². The van der Waals surface area contributed by atoms with Crippen LogP contribution in [0.2, 0.25) is 0 Å². The van der Waals surface area contributed by atoms with Crippen molar-refractivity contribution in [2.45, 2.75) is 6.42 Å². The van der Waals surface area contributed by atoms with Gasteiger partial charge in [-0.05, 0) is 30.2 Å². The van der Waals surface area contributed by atoms with Gasteiger partial charge in [0.05, 0.1) is 12.8 Å². The molecule has 0 radical (unpaired) electrons. The largest absolute Gasteiger partial charge is 0.496 e. The van der Waals surface area contributed by atoms with E-state index in [-0.39, 0.29) is 0 Å². The number of hydrogen-bond donors (Lipinski definition) is 1. The van der Waals surface area contributed by atoms with Gasteiger partial charge in [0.2, 0.25) is 5.96 Å². The van der Waals surface area contributed by atoms with Crippen LogP contribution in [0.25, 0.3) is 10.8 Å². The Morgan fingerprint density at radius 2 is 1.79 bits per heavy atom. The maximum Gasteiger partial charge on any atom is 0.201 e. The van der Waals surface area contributed by atoms with Gasteiger partial charge in [-0.3, -0.25) is 0 Å². The fourth-order valence-corrected chi connectivity index (χ4v) is 3.30. The number of rotatable bonds is 2. The maximum atomic E-state index is 6.33. The molecule has 1 aliphatic heterocycles. The summed E-state index contributed by atoms with van der Waals surface area (Å²) in [4.78, 5) is 6.79. The van der Waals surface area contributed by atoms with Crippen molar-refractivity contribution in [2.24, 2.45) is 10.7 Å². The van der Waals surface area contributed by atoms with Crippen molar-refractivity contribution in [3.05, 3.63) is 66.2 Å². The lowest BCUT2D eigenvalue weighted by atomic mass is 10.1. The highest BCUT2D eigenvalue weighted by Crippen LogP contribution is 2.33. The molecule has 0 fully saturated rings. The number of nitrogens with two attached hydrogens (primary N) is 1. The zero-order valence-electron chi connectivity index (χ0n) is 13.6. The molecule has 0 spiro atoms. The van der Waals surface area contributed by atoms with E-state index >= 15 is 0 Å². The molecule has 0 amide bonds. The van der Waals surface area contributed by atoms with E-state index in [0.29, 0.717) is 5.96 Å². The van der Waals surface area contributed by atoms with Crippen molar-refractivity contribution in [2.75, 3.05) is 18.6 Å². The van der Waals surface area contributed by atoms with Crippen molar-refractivity contribution < 1.29 is 4.74 Å². The third-order valence-electron chi connectivity index (χ3n) is 4.48. The summed E-state index contributed by atoms with van der Waals surface area (Å²) in [5.74, 6) is 1.37. The van der Waals surface area contributed by atoms with Crippen LogP contribution in [0.1, 0.15) is 5.56 Å². The Bertz CT molecular complexity index is 933. The molecule has 0 saturated heterocycles. The van der Waals surface area contributed by atoms with Gasteiger partial charge in [0, 0.05) is 23.0 Å². The monoisotopic (exact) mass is 317 g/mol. The van der Waals surface area contributed by atoms with E-state index in [9.17, 15) is 0 Å². The molecule has 4 nitrogen and oxygen atoms in total. The van der Waals surface area contributed by atoms with Gasteiger partial charge in [-0.25, -0.2) is 4.99 Å². The van der Waals surface area contributed by atoms with E-state index in [0.717, 1.165) is 40.9 Å². The second-order valence-corrected chi connectivity index (χ2v) is 5.83. The van der Waals surface area contributed by atoms with Crippen LogP contribution in [0.3, 0.4) is 0 Å². The van der Waals surface area contributed by atoms with Gasteiger partial charge < -0.3 is 15.4 Å². The maximum absolute atomic E-state index is 6.33. The molecule has 1 heterocycles. The molecule has 0 unspecified atom stereocenters. The Hall–Kier alpha value is -3.01. The Kier molecular flexibility index (Phi) is 3.58. The number of ether oxygens (including phenoxy) is 1. The SMILES string of the molecule is COc1cccc2c(N=C(N)N3CCc4ccccc43)cccc12. The van der Waals surface area contributed by atoms with Crippen LogP contribution in [0.15, 0.2) is 65.7 Å². The molecule has 120 valence electrons. The van der Waals surface area contributed by atoms with Crippen LogP contribution in [-0.4, -0.2) is 19.6 Å². The first-order valence-corrected chi connectivity index (χ1v) is 8.03. The summed E-state index contributed by atoms with van der Waals surface area (Å²) in [6.45, 7) is 0.864. The van der Waals surface area contributed by atoms with E-state index < -0.39 is 0 Å². The van der Waals surface area contributed by atoms with Crippen LogP contribution >= 0.6 is 0 Å². The summed E-state index contributed by atoms with van der Waals surface area (Å²) >= 11 is 0. The van der Waals surface area contributed by atoms with E-state index in [2.05, 4.69) is 23.1 Å². The number of para-hydroxylation sites is 1. The summed E-state index contributed by atoms with van der Waals surface area (Å²) in [5.41, 5.74) is 9.65. The van der Waals surface area contributed by atoms with E-state index in [1.54, 1.807) is 7.11 Å². The number of fused-ring (bicyclic) bond motifs is 2. The highest BCUT2D eigenvalue weighted by molar-refractivity contribution is 6.02. The van der Waals surface area contributed by atoms with Crippen LogP contribution in [0.4, 0.5) is 11.4 Å². The number of benzene rings is 3. The van der Waals surface area contributed by atoms with Crippen LogP contribution in [-0.2, 0) is 6.42 Å². The fourth-order valence-electron chi connectivity index (χ4n) is 3.30. The summed E-state index contributed by atoms with van der Waals surface area (Å²) < 4.78 is 5.44. The number of nitrogens with zero attached hydrogens (tertiary/aromatic N) is 2. The van der Waals surface area contributed by atoms with Crippen LogP contribution < -0.4 is 15.4 Å². The van der Waals surface area contributed by atoms with Gasteiger partial charge in [-0.15, -0.1) is 0 Å². The van der Waals surface area contributed by atoms with Crippen molar-refractivity contribution in [3.8, 4) is 5.75 Å². The minimum atomic E-state index is 0.523. The number of anilines is 1. The van der Waals surface area contributed by atoms with Crippen LogP contribution in [0.5, 0.6) is 5.75 Å². The van der Waals surface area contributed by atoms with Gasteiger partial charge in [0.1, 0.15) is 5.75 Å². The lowest BCUT2D eigenvalue weighted by Gasteiger charge is -2.18. The number of methoxy groups -OCH3 is 1. The molecule has 2 N–H and O–H groups in total. The Labute approximate surface area is 141 Å². The predicted molar refractivity (Wildman–Crippen MR) is 99.3 cm³/mol. The standard InChI is InChI=1S/C20H19N3O/c1-24-19-11-5-7-15-16(19)8-4-9-17(15)22-20(21)23-13-12-14-6-2-3-10-18(14)23/h2-11H,12-13H2,1H3,(H2,21,22). The van der Waals surface area contributed by atoms with Crippen LogP contribution in [0, 0.1) is 0 Å². The van der Waals surface area contributed by atoms with Crippen molar-refractivity contribution in [3.63, 3.8) is 0 Å². The molecule has 0 bridgehead atoms. The lowest BCUT2D eigenvalue weighted by Crippen LogP contribution is -2.35. The van der Waals surface area contributed by atoms with Crippen molar-refractivity contribution >= 4 is 28.1 Å². The summed E-state index contributed by atoms with van der Waals surface area (Å²) in [7, 11) is 1.68. The Morgan fingerprint density at radius 3 is 2.67 bits per heavy atom. The average molecular weight is 317 g/mol. The normalized spacial score (nSPS) is 14.0. The van der Waals surface area contributed by atoms with Gasteiger partial charge >= 0.3 is 0 Å². The van der Waals surface area contributed by atoms with E-state index in [1.165, 1.54) is 5.56 Å². The second-order valence-electron chi connectivity index (χ2n) is 5.83.